The lowest BCUT2D eigenvalue weighted by Gasteiger charge is -1.99. The summed E-state index contributed by atoms with van der Waals surface area (Å²) < 4.78 is 0. The summed E-state index contributed by atoms with van der Waals surface area (Å²) in [6.45, 7) is 2.57. The molecule has 0 aromatic rings. The quantitative estimate of drug-likeness (QED) is 0.343. The topological polar surface area (TPSA) is 20.2 Å². The smallest absolute Gasteiger partial charge is 0.0433 e. The average molecular weight is 252 g/mol. The van der Waals surface area contributed by atoms with Gasteiger partial charge in [-0.1, -0.05) is 76.2 Å². The highest BCUT2D eigenvalue weighted by Crippen LogP contribution is 2.09. The predicted octanol–water partition coefficient (Wildman–Crippen LogP) is 5.40. The van der Waals surface area contributed by atoms with E-state index >= 15 is 0 Å². The van der Waals surface area contributed by atoms with Crippen LogP contribution in [-0.4, -0.2) is 11.7 Å². The number of aliphatic hydroxyl groups excluding tert-OH is 1. The van der Waals surface area contributed by atoms with E-state index in [0.29, 0.717) is 6.61 Å². The molecular weight excluding hydrogens is 220 g/mol. The van der Waals surface area contributed by atoms with Crippen LogP contribution in [0.3, 0.4) is 0 Å². The lowest BCUT2D eigenvalue weighted by Crippen LogP contribution is -1.79. The first-order valence-electron chi connectivity index (χ1n) is 7.84. The fraction of sp³-hybridized carbons (Fsp3) is 0.765. The molecule has 1 N–H and O–H groups in total. The van der Waals surface area contributed by atoms with Crippen molar-refractivity contribution in [2.75, 3.05) is 6.61 Å². The monoisotopic (exact) mass is 252 g/mol. The lowest BCUT2D eigenvalue weighted by atomic mass is 10.1. The van der Waals surface area contributed by atoms with Gasteiger partial charge in [0.25, 0.3) is 0 Å². The van der Waals surface area contributed by atoms with Crippen molar-refractivity contribution in [2.24, 2.45) is 0 Å². The molecule has 0 atom stereocenters. The molecule has 1 nitrogen and oxygen atoms in total. The van der Waals surface area contributed by atoms with E-state index in [-0.39, 0.29) is 0 Å². The van der Waals surface area contributed by atoms with Crippen LogP contribution in [0.2, 0.25) is 0 Å². The number of allylic oxidation sites excluding steroid dienone is 4. The second kappa shape index (κ2) is 16.4. The van der Waals surface area contributed by atoms with E-state index in [1.54, 1.807) is 0 Å². The Balaban J connectivity index is 3.10. The number of hydrogen-bond donors (Lipinski definition) is 1. The van der Waals surface area contributed by atoms with Crippen molar-refractivity contribution in [3.8, 4) is 0 Å². The third-order valence-corrected chi connectivity index (χ3v) is 3.14. The molecule has 0 saturated carbocycles. The van der Waals surface area contributed by atoms with Crippen molar-refractivity contribution in [1.29, 1.82) is 0 Å². The first-order chi connectivity index (χ1) is 8.91. The summed E-state index contributed by atoms with van der Waals surface area (Å²) in [6.07, 6.45) is 22.8. The molecule has 0 radical (unpaired) electrons. The Labute approximate surface area is 114 Å². The maximum absolute atomic E-state index is 8.61. The molecule has 0 aromatic heterocycles. The lowest BCUT2D eigenvalue weighted by molar-refractivity contribution is 0.289. The summed E-state index contributed by atoms with van der Waals surface area (Å²) in [6, 6.07) is 0. The van der Waals surface area contributed by atoms with Crippen molar-refractivity contribution in [1.82, 2.24) is 0 Å². The Bertz CT molecular complexity index is 194. The van der Waals surface area contributed by atoms with Gasteiger partial charge in [0, 0.05) is 6.61 Å². The van der Waals surface area contributed by atoms with Gasteiger partial charge in [-0.3, -0.25) is 0 Å². The summed E-state index contributed by atoms with van der Waals surface area (Å²) in [7, 11) is 0. The first kappa shape index (κ1) is 17.4. The summed E-state index contributed by atoms with van der Waals surface area (Å²) in [4.78, 5) is 0. The fourth-order valence-electron chi connectivity index (χ4n) is 1.95. The van der Waals surface area contributed by atoms with Crippen LogP contribution in [0.5, 0.6) is 0 Å². The number of rotatable bonds is 13. The van der Waals surface area contributed by atoms with Crippen molar-refractivity contribution >= 4 is 0 Å². The zero-order chi connectivity index (χ0) is 13.3. The standard InChI is InChI=1S/C17H32O/c1-2-3-4-5-6-7-8-9-10-11-12-13-14-15-16-17-18/h11-14,18H,2-10,15-17H2,1H3. The van der Waals surface area contributed by atoms with E-state index in [4.69, 9.17) is 5.11 Å². The SMILES string of the molecule is CCCCCCCCCCC=CC=CCCCO. The molecule has 0 rings (SSSR count). The molecule has 106 valence electrons. The van der Waals surface area contributed by atoms with Crippen LogP contribution in [0.15, 0.2) is 24.3 Å². The van der Waals surface area contributed by atoms with Crippen LogP contribution in [0, 0.1) is 0 Å². The van der Waals surface area contributed by atoms with Crippen LogP contribution in [-0.2, 0) is 0 Å². The molecule has 18 heavy (non-hydrogen) atoms. The van der Waals surface area contributed by atoms with Crippen LogP contribution in [0.4, 0.5) is 0 Å². The highest BCUT2D eigenvalue weighted by atomic mass is 16.2. The highest BCUT2D eigenvalue weighted by Gasteiger charge is 1.89. The van der Waals surface area contributed by atoms with Gasteiger partial charge in [-0.2, -0.15) is 0 Å². The molecule has 0 bridgehead atoms. The molecule has 0 aromatic carbocycles. The van der Waals surface area contributed by atoms with Gasteiger partial charge in [-0.15, -0.1) is 0 Å². The summed E-state index contributed by atoms with van der Waals surface area (Å²) >= 11 is 0. The highest BCUT2D eigenvalue weighted by molar-refractivity contribution is 5.02. The second-order valence-corrected chi connectivity index (χ2v) is 4.99. The number of unbranched alkanes of at least 4 members (excludes halogenated alkanes) is 9. The van der Waals surface area contributed by atoms with Crippen LogP contribution in [0.1, 0.15) is 77.6 Å². The van der Waals surface area contributed by atoms with E-state index in [2.05, 4.69) is 31.2 Å². The van der Waals surface area contributed by atoms with E-state index < -0.39 is 0 Å². The molecular formula is C17H32O. The molecule has 0 saturated heterocycles. The van der Waals surface area contributed by atoms with Gasteiger partial charge in [0.15, 0.2) is 0 Å². The molecule has 0 aliphatic heterocycles. The largest absolute Gasteiger partial charge is 0.396 e. The fourth-order valence-corrected chi connectivity index (χ4v) is 1.95. The summed E-state index contributed by atoms with van der Waals surface area (Å²) in [5.41, 5.74) is 0. The zero-order valence-electron chi connectivity index (χ0n) is 12.2. The molecule has 0 aliphatic rings. The second-order valence-electron chi connectivity index (χ2n) is 4.99. The van der Waals surface area contributed by atoms with E-state index in [1.807, 2.05) is 0 Å². The molecule has 0 spiro atoms. The summed E-state index contributed by atoms with van der Waals surface area (Å²) in [5, 5.41) is 8.61. The third-order valence-electron chi connectivity index (χ3n) is 3.14. The Morgan fingerprint density at radius 3 is 1.72 bits per heavy atom. The summed E-state index contributed by atoms with van der Waals surface area (Å²) in [5.74, 6) is 0. The molecule has 0 fully saturated rings. The minimum atomic E-state index is 0.298. The van der Waals surface area contributed by atoms with Crippen molar-refractivity contribution in [3.63, 3.8) is 0 Å². The normalized spacial score (nSPS) is 11.9. The van der Waals surface area contributed by atoms with Gasteiger partial charge in [-0.05, 0) is 25.7 Å². The maximum atomic E-state index is 8.61. The molecule has 0 amide bonds. The van der Waals surface area contributed by atoms with Crippen molar-refractivity contribution in [2.45, 2.75) is 77.6 Å². The Morgan fingerprint density at radius 2 is 1.17 bits per heavy atom. The minimum absolute atomic E-state index is 0.298. The van der Waals surface area contributed by atoms with Crippen LogP contribution in [0.25, 0.3) is 0 Å². The Morgan fingerprint density at radius 1 is 0.667 bits per heavy atom. The molecule has 0 heterocycles. The maximum Gasteiger partial charge on any atom is 0.0433 e. The van der Waals surface area contributed by atoms with Gasteiger partial charge >= 0.3 is 0 Å². The van der Waals surface area contributed by atoms with Gasteiger partial charge in [0.05, 0.1) is 0 Å². The minimum Gasteiger partial charge on any atom is -0.396 e. The van der Waals surface area contributed by atoms with E-state index in [1.165, 1.54) is 57.8 Å². The molecule has 1 heteroatoms. The first-order valence-corrected chi connectivity index (χ1v) is 7.84. The van der Waals surface area contributed by atoms with Gasteiger partial charge in [-0.25, -0.2) is 0 Å². The van der Waals surface area contributed by atoms with Crippen molar-refractivity contribution in [3.05, 3.63) is 24.3 Å². The van der Waals surface area contributed by atoms with Crippen LogP contribution >= 0.6 is 0 Å². The van der Waals surface area contributed by atoms with Gasteiger partial charge < -0.3 is 5.11 Å². The average Bonchev–Trinajstić information content (AvgIpc) is 2.39. The van der Waals surface area contributed by atoms with Crippen molar-refractivity contribution < 1.29 is 5.11 Å². The Hall–Kier alpha value is -0.560. The van der Waals surface area contributed by atoms with E-state index in [9.17, 15) is 0 Å². The number of hydrogen-bond acceptors (Lipinski definition) is 1. The van der Waals surface area contributed by atoms with Gasteiger partial charge in [0.1, 0.15) is 0 Å². The molecule has 0 unspecified atom stereocenters. The van der Waals surface area contributed by atoms with Gasteiger partial charge in [0.2, 0.25) is 0 Å². The van der Waals surface area contributed by atoms with E-state index in [0.717, 1.165) is 12.8 Å². The molecule has 0 aliphatic carbocycles. The van der Waals surface area contributed by atoms with Crippen LogP contribution < -0.4 is 0 Å². The Kier molecular flexibility index (Phi) is 15.9. The third kappa shape index (κ3) is 15.4. The zero-order valence-corrected chi connectivity index (χ0v) is 12.2. The number of aliphatic hydroxyl groups is 1. The predicted molar refractivity (Wildman–Crippen MR) is 81.8 cm³/mol.